The quantitative estimate of drug-likeness (QED) is 0.907. The first-order valence-corrected chi connectivity index (χ1v) is 7.44. The first kappa shape index (κ1) is 12.9. The van der Waals surface area contributed by atoms with Gasteiger partial charge >= 0.3 is 0 Å². The molecule has 1 fully saturated rings. The Morgan fingerprint density at radius 3 is 2.89 bits per heavy atom. The van der Waals surface area contributed by atoms with E-state index in [1.807, 2.05) is 12.1 Å². The number of hydrogen-bond donors (Lipinski definition) is 1. The highest BCUT2D eigenvalue weighted by atomic mass is 16.5. The molecule has 3 heteroatoms. The third-order valence-electron chi connectivity index (χ3n) is 4.42. The molecule has 0 amide bonds. The smallest absolute Gasteiger partial charge is 0.123 e. The third-order valence-corrected chi connectivity index (χ3v) is 4.42. The number of fused-ring (bicyclic) bond motifs is 1. The van der Waals surface area contributed by atoms with Gasteiger partial charge in [0, 0.05) is 25.2 Å². The van der Waals surface area contributed by atoms with E-state index in [-0.39, 0.29) is 6.10 Å². The van der Waals surface area contributed by atoms with Crippen LogP contribution in [0.15, 0.2) is 24.3 Å². The highest BCUT2D eigenvalue weighted by Gasteiger charge is 2.26. The standard InChI is InChI=1S/C16H23NO2/c18-15(13-5-1-2-6-13)12-17-9-10-19-16-8-4-3-7-14(16)11-17/h3-4,7-8,13,15,18H,1-2,5-6,9-12H2. The molecule has 2 aliphatic rings. The molecule has 0 saturated heterocycles. The van der Waals surface area contributed by atoms with Crippen molar-refractivity contribution in [1.29, 1.82) is 0 Å². The summed E-state index contributed by atoms with van der Waals surface area (Å²) in [5.74, 6) is 1.51. The van der Waals surface area contributed by atoms with Gasteiger partial charge in [0.15, 0.2) is 0 Å². The van der Waals surface area contributed by atoms with Crippen molar-refractivity contribution in [2.75, 3.05) is 19.7 Å². The summed E-state index contributed by atoms with van der Waals surface area (Å²) in [5.41, 5.74) is 1.23. The molecule has 0 aromatic heterocycles. The second-order valence-electron chi connectivity index (χ2n) is 5.80. The van der Waals surface area contributed by atoms with Crippen LogP contribution in [0.5, 0.6) is 5.75 Å². The first-order chi connectivity index (χ1) is 9.33. The fourth-order valence-corrected chi connectivity index (χ4v) is 3.29. The first-order valence-electron chi connectivity index (χ1n) is 7.44. The topological polar surface area (TPSA) is 32.7 Å². The zero-order valence-corrected chi connectivity index (χ0v) is 11.4. The van der Waals surface area contributed by atoms with Crippen LogP contribution < -0.4 is 4.74 Å². The summed E-state index contributed by atoms with van der Waals surface area (Å²) >= 11 is 0. The SMILES string of the molecule is OC(CN1CCOc2ccccc2C1)C1CCCC1. The molecule has 0 radical (unpaired) electrons. The number of β-amino-alcohol motifs (C(OH)–C–C–N with tert-alkyl or cyclic N) is 1. The maximum Gasteiger partial charge on any atom is 0.123 e. The zero-order valence-electron chi connectivity index (χ0n) is 11.4. The van der Waals surface area contributed by atoms with E-state index in [2.05, 4.69) is 17.0 Å². The van der Waals surface area contributed by atoms with Gasteiger partial charge in [-0.1, -0.05) is 31.0 Å². The highest BCUT2D eigenvalue weighted by Crippen LogP contribution is 2.29. The molecule has 0 bridgehead atoms. The number of benzene rings is 1. The molecule has 104 valence electrons. The van der Waals surface area contributed by atoms with Crippen LogP contribution in [0.2, 0.25) is 0 Å². The maximum absolute atomic E-state index is 10.4. The molecule has 19 heavy (non-hydrogen) atoms. The third kappa shape index (κ3) is 3.10. The molecule has 1 aliphatic carbocycles. The van der Waals surface area contributed by atoms with E-state index in [0.29, 0.717) is 12.5 Å². The number of rotatable bonds is 3. The Labute approximate surface area is 115 Å². The van der Waals surface area contributed by atoms with Crippen molar-refractivity contribution in [2.24, 2.45) is 5.92 Å². The molecular formula is C16H23NO2. The molecule has 1 saturated carbocycles. The van der Waals surface area contributed by atoms with Crippen molar-refractivity contribution < 1.29 is 9.84 Å². The van der Waals surface area contributed by atoms with Gasteiger partial charge in [0.05, 0.1) is 6.10 Å². The van der Waals surface area contributed by atoms with Crippen molar-refractivity contribution in [3.8, 4) is 5.75 Å². The Bertz CT molecular complexity index is 415. The predicted octanol–water partition coefficient (Wildman–Crippen LogP) is 2.43. The van der Waals surface area contributed by atoms with Gasteiger partial charge in [-0.3, -0.25) is 4.90 Å². The molecule has 1 aliphatic heterocycles. The van der Waals surface area contributed by atoms with E-state index in [4.69, 9.17) is 4.74 Å². The van der Waals surface area contributed by atoms with Gasteiger partial charge in [0.2, 0.25) is 0 Å². The second kappa shape index (κ2) is 5.93. The predicted molar refractivity (Wildman–Crippen MR) is 75.2 cm³/mol. The monoisotopic (exact) mass is 261 g/mol. The zero-order chi connectivity index (χ0) is 13.1. The van der Waals surface area contributed by atoms with Crippen LogP contribution >= 0.6 is 0 Å². The lowest BCUT2D eigenvalue weighted by Crippen LogP contribution is -2.36. The normalized spacial score (nSPS) is 22.6. The minimum absolute atomic E-state index is 0.173. The minimum atomic E-state index is -0.173. The number of para-hydroxylation sites is 1. The van der Waals surface area contributed by atoms with Gasteiger partial charge < -0.3 is 9.84 Å². The van der Waals surface area contributed by atoms with Crippen LogP contribution in [0.4, 0.5) is 0 Å². The maximum atomic E-state index is 10.4. The van der Waals surface area contributed by atoms with Crippen LogP contribution in [0.1, 0.15) is 31.2 Å². The number of nitrogens with zero attached hydrogens (tertiary/aromatic N) is 1. The number of hydrogen-bond acceptors (Lipinski definition) is 3. The molecule has 1 aromatic carbocycles. The summed E-state index contributed by atoms with van der Waals surface area (Å²) in [6, 6.07) is 8.22. The fourth-order valence-electron chi connectivity index (χ4n) is 3.29. The Morgan fingerprint density at radius 1 is 1.26 bits per heavy atom. The molecule has 3 nitrogen and oxygen atoms in total. The summed E-state index contributed by atoms with van der Waals surface area (Å²) in [4.78, 5) is 2.33. The van der Waals surface area contributed by atoms with Crippen LogP contribution in [-0.2, 0) is 6.54 Å². The lowest BCUT2D eigenvalue weighted by molar-refractivity contribution is 0.0608. The summed E-state index contributed by atoms with van der Waals surface area (Å²) in [6.45, 7) is 3.29. The highest BCUT2D eigenvalue weighted by molar-refractivity contribution is 5.33. The number of aliphatic hydroxyl groups is 1. The Kier molecular flexibility index (Phi) is 4.04. The molecular weight excluding hydrogens is 238 g/mol. The van der Waals surface area contributed by atoms with Crippen LogP contribution in [0, 0.1) is 5.92 Å². The molecule has 1 N–H and O–H groups in total. The molecule has 3 rings (SSSR count). The summed E-state index contributed by atoms with van der Waals surface area (Å²) in [6.07, 6.45) is 4.79. The summed E-state index contributed by atoms with van der Waals surface area (Å²) in [7, 11) is 0. The van der Waals surface area contributed by atoms with E-state index in [1.165, 1.54) is 31.2 Å². The van der Waals surface area contributed by atoms with Gasteiger partial charge in [-0.25, -0.2) is 0 Å². The lowest BCUT2D eigenvalue weighted by atomic mass is 10.0. The molecule has 0 spiro atoms. The Morgan fingerprint density at radius 2 is 2.05 bits per heavy atom. The second-order valence-corrected chi connectivity index (χ2v) is 5.80. The van der Waals surface area contributed by atoms with Crippen LogP contribution in [0.3, 0.4) is 0 Å². The van der Waals surface area contributed by atoms with Gasteiger partial charge in [-0.05, 0) is 24.8 Å². The van der Waals surface area contributed by atoms with E-state index in [9.17, 15) is 5.11 Å². The van der Waals surface area contributed by atoms with Gasteiger partial charge in [0.1, 0.15) is 12.4 Å². The number of ether oxygens (including phenoxy) is 1. The van der Waals surface area contributed by atoms with E-state index in [0.717, 1.165) is 25.4 Å². The molecule has 1 heterocycles. The van der Waals surface area contributed by atoms with Crippen molar-refractivity contribution in [1.82, 2.24) is 4.90 Å². The largest absolute Gasteiger partial charge is 0.492 e. The lowest BCUT2D eigenvalue weighted by Gasteiger charge is -2.26. The van der Waals surface area contributed by atoms with Crippen molar-refractivity contribution in [3.63, 3.8) is 0 Å². The van der Waals surface area contributed by atoms with Crippen LogP contribution in [0.25, 0.3) is 0 Å². The molecule has 1 aromatic rings. The minimum Gasteiger partial charge on any atom is -0.492 e. The fraction of sp³-hybridized carbons (Fsp3) is 0.625. The molecule has 1 unspecified atom stereocenters. The van der Waals surface area contributed by atoms with Gasteiger partial charge in [-0.15, -0.1) is 0 Å². The molecule has 1 atom stereocenters. The van der Waals surface area contributed by atoms with Gasteiger partial charge in [0.25, 0.3) is 0 Å². The van der Waals surface area contributed by atoms with Crippen molar-refractivity contribution in [2.45, 2.75) is 38.3 Å². The van der Waals surface area contributed by atoms with Crippen molar-refractivity contribution in [3.05, 3.63) is 29.8 Å². The average molecular weight is 261 g/mol. The van der Waals surface area contributed by atoms with Crippen molar-refractivity contribution >= 4 is 0 Å². The van der Waals surface area contributed by atoms with E-state index in [1.54, 1.807) is 0 Å². The van der Waals surface area contributed by atoms with E-state index >= 15 is 0 Å². The Hall–Kier alpha value is -1.06. The number of aliphatic hydroxyl groups excluding tert-OH is 1. The summed E-state index contributed by atoms with van der Waals surface area (Å²) < 4.78 is 5.76. The Balaban J connectivity index is 1.62. The summed E-state index contributed by atoms with van der Waals surface area (Å²) in [5, 5.41) is 10.4. The van der Waals surface area contributed by atoms with Gasteiger partial charge in [-0.2, -0.15) is 0 Å². The van der Waals surface area contributed by atoms with E-state index < -0.39 is 0 Å². The average Bonchev–Trinajstić information content (AvgIpc) is 2.87. The van der Waals surface area contributed by atoms with Crippen LogP contribution in [-0.4, -0.2) is 35.8 Å².